The summed E-state index contributed by atoms with van der Waals surface area (Å²) in [6.07, 6.45) is 0.833. The standard InChI is InChI=1S/C13H17NO4/c1-3-10-4-6-11(7-5-10)13(8-15,12(17)18)14-9(2)16/h4-7,15H,3,8H2,1-2H3,(H,14,16)(H,17,18)/t13-/m1/s1. The molecule has 0 saturated carbocycles. The van der Waals surface area contributed by atoms with Crippen molar-refractivity contribution in [2.45, 2.75) is 25.8 Å². The summed E-state index contributed by atoms with van der Waals surface area (Å²) in [5, 5.41) is 21.0. The van der Waals surface area contributed by atoms with Crippen LogP contribution in [0.4, 0.5) is 0 Å². The van der Waals surface area contributed by atoms with Crippen LogP contribution in [0.3, 0.4) is 0 Å². The minimum Gasteiger partial charge on any atom is -0.479 e. The van der Waals surface area contributed by atoms with Gasteiger partial charge in [0.05, 0.1) is 6.61 Å². The Hall–Kier alpha value is -1.88. The lowest BCUT2D eigenvalue weighted by molar-refractivity contribution is -0.150. The van der Waals surface area contributed by atoms with E-state index in [1.54, 1.807) is 24.3 Å². The highest BCUT2D eigenvalue weighted by Gasteiger charge is 2.40. The van der Waals surface area contributed by atoms with Crippen LogP contribution in [0.1, 0.15) is 25.0 Å². The number of hydrogen-bond acceptors (Lipinski definition) is 3. The molecule has 3 N–H and O–H groups in total. The second kappa shape index (κ2) is 5.64. The molecule has 0 aliphatic heterocycles. The van der Waals surface area contributed by atoms with E-state index >= 15 is 0 Å². The van der Waals surface area contributed by atoms with Gasteiger partial charge >= 0.3 is 5.97 Å². The molecule has 0 radical (unpaired) electrons. The number of amides is 1. The van der Waals surface area contributed by atoms with E-state index in [-0.39, 0.29) is 0 Å². The third kappa shape index (κ3) is 2.68. The third-order valence-corrected chi connectivity index (χ3v) is 2.85. The Morgan fingerprint density at radius 1 is 1.28 bits per heavy atom. The summed E-state index contributed by atoms with van der Waals surface area (Å²) in [6, 6.07) is 6.78. The summed E-state index contributed by atoms with van der Waals surface area (Å²) in [6.45, 7) is 2.50. The van der Waals surface area contributed by atoms with Crippen LogP contribution >= 0.6 is 0 Å². The Bertz CT molecular complexity index is 441. The van der Waals surface area contributed by atoms with Gasteiger partial charge in [-0.25, -0.2) is 4.79 Å². The first kappa shape index (κ1) is 14.2. The third-order valence-electron chi connectivity index (χ3n) is 2.85. The molecule has 5 nitrogen and oxygen atoms in total. The SMILES string of the molecule is CCc1ccc([C@@](CO)(NC(C)=O)C(=O)O)cc1. The van der Waals surface area contributed by atoms with Crippen molar-refractivity contribution in [3.05, 3.63) is 35.4 Å². The first-order valence-corrected chi connectivity index (χ1v) is 5.68. The molecule has 0 saturated heterocycles. The first-order valence-electron chi connectivity index (χ1n) is 5.68. The number of aliphatic carboxylic acids is 1. The maximum Gasteiger partial charge on any atom is 0.336 e. The van der Waals surface area contributed by atoms with Crippen molar-refractivity contribution in [2.75, 3.05) is 6.61 Å². The fraction of sp³-hybridized carbons (Fsp3) is 0.385. The van der Waals surface area contributed by atoms with Gasteiger partial charge in [0.15, 0.2) is 5.54 Å². The largest absolute Gasteiger partial charge is 0.479 e. The molecule has 0 spiro atoms. The Morgan fingerprint density at radius 2 is 1.83 bits per heavy atom. The van der Waals surface area contributed by atoms with Gasteiger partial charge in [-0.3, -0.25) is 4.79 Å². The molecular weight excluding hydrogens is 234 g/mol. The molecule has 0 aromatic heterocycles. The highest BCUT2D eigenvalue weighted by molar-refractivity contribution is 5.87. The van der Waals surface area contributed by atoms with Crippen LogP contribution in [0.25, 0.3) is 0 Å². The molecule has 0 unspecified atom stereocenters. The Morgan fingerprint density at radius 3 is 2.17 bits per heavy atom. The van der Waals surface area contributed by atoms with E-state index in [0.717, 1.165) is 12.0 Å². The van der Waals surface area contributed by atoms with Crippen molar-refractivity contribution in [1.82, 2.24) is 5.32 Å². The molecule has 98 valence electrons. The van der Waals surface area contributed by atoms with Crippen LogP contribution in [0.15, 0.2) is 24.3 Å². The number of carbonyl (C=O) groups is 2. The fourth-order valence-electron chi connectivity index (χ4n) is 1.77. The minimum atomic E-state index is -1.78. The van der Waals surface area contributed by atoms with Gasteiger partial charge in [0.2, 0.25) is 5.91 Å². The Kier molecular flexibility index (Phi) is 4.44. The van der Waals surface area contributed by atoms with E-state index in [2.05, 4.69) is 5.32 Å². The first-order chi connectivity index (χ1) is 8.46. The topological polar surface area (TPSA) is 86.6 Å². The highest BCUT2D eigenvalue weighted by atomic mass is 16.4. The molecule has 1 atom stereocenters. The summed E-state index contributed by atoms with van der Waals surface area (Å²) in [4.78, 5) is 22.5. The number of aliphatic hydroxyl groups is 1. The Balaban J connectivity index is 3.23. The molecule has 5 heteroatoms. The van der Waals surface area contributed by atoms with Crippen LogP contribution in [-0.2, 0) is 21.5 Å². The van der Waals surface area contributed by atoms with Crippen molar-refractivity contribution in [3.63, 3.8) is 0 Å². The van der Waals surface area contributed by atoms with E-state index in [0.29, 0.717) is 5.56 Å². The van der Waals surface area contributed by atoms with Crippen molar-refractivity contribution in [1.29, 1.82) is 0 Å². The number of carbonyl (C=O) groups excluding carboxylic acids is 1. The van der Waals surface area contributed by atoms with E-state index in [4.69, 9.17) is 0 Å². The fourth-order valence-corrected chi connectivity index (χ4v) is 1.77. The van der Waals surface area contributed by atoms with Gasteiger partial charge in [0.25, 0.3) is 0 Å². The highest BCUT2D eigenvalue weighted by Crippen LogP contribution is 2.22. The molecular formula is C13H17NO4. The maximum absolute atomic E-state index is 11.4. The summed E-state index contributed by atoms with van der Waals surface area (Å²) in [5.74, 6) is -1.80. The van der Waals surface area contributed by atoms with Gasteiger partial charge in [-0.2, -0.15) is 0 Å². The summed E-state index contributed by atoms with van der Waals surface area (Å²) in [7, 11) is 0. The van der Waals surface area contributed by atoms with Gasteiger partial charge in [0.1, 0.15) is 0 Å². The summed E-state index contributed by atoms with van der Waals surface area (Å²) >= 11 is 0. The van der Waals surface area contributed by atoms with E-state index in [1.807, 2.05) is 6.92 Å². The normalized spacial score (nSPS) is 13.7. The molecule has 0 bridgehead atoms. The van der Waals surface area contributed by atoms with Crippen LogP contribution in [0, 0.1) is 0 Å². The Labute approximate surface area is 105 Å². The van der Waals surface area contributed by atoms with Gasteiger partial charge in [0, 0.05) is 6.92 Å². The monoisotopic (exact) mass is 251 g/mol. The lowest BCUT2D eigenvalue weighted by Crippen LogP contribution is -2.54. The van der Waals surface area contributed by atoms with Crippen molar-refractivity contribution >= 4 is 11.9 Å². The van der Waals surface area contributed by atoms with E-state index < -0.39 is 24.0 Å². The summed E-state index contributed by atoms with van der Waals surface area (Å²) in [5.41, 5.74) is -0.373. The molecule has 1 rings (SSSR count). The second-order valence-electron chi connectivity index (χ2n) is 4.10. The molecule has 0 aliphatic rings. The molecule has 1 aromatic rings. The number of rotatable bonds is 5. The van der Waals surface area contributed by atoms with Gasteiger partial charge in [-0.05, 0) is 17.5 Å². The quantitative estimate of drug-likeness (QED) is 0.717. The number of carboxylic acids is 1. The van der Waals surface area contributed by atoms with E-state index in [9.17, 15) is 19.8 Å². The number of carboxylic acid groups (broad SMARTS) is 1. The number of aliphatic hydroxyl groups excluding tert-OH is 1. The van der Waals surface area contributed by atoms with Crippen molar-refractivity contribution in [2.24, 2.45) is 0 Å². The van der Waals surface area contributed by atoms with Crippen LogP contribution in [0.2, 0.25) is 0 Å². The molecule has 18 heavy (non-hydrogen) atoms. The van der Waals surface area contributed by atoms with E-state index in [1.165, 1.54) is 6.92 Å². The second-order valence-corrected chi connectivity index (χ2v) is 4.10. The zero-order valence-corrected chi connectivity index (χ0v) is 10.4. The number of hydrogen-bond donors (Lipinski definition) is 3. The predicted octanol–water partition coefficient (Wildman–Crippen LogP) is 0.657. The molecule has 0 aliphatic carbocycles. The van der Waals surface area contributed by atoms with Crippen molar-refractivity contribution < 1.29 is 19.8 Å². The predicted molar refractivity (Wildman–Crippen MR) is 66.0 cm³/mol. The number of aryl methyl sites for hydroxylation is 1. The van der Waals surface area contributed by atoms with Gasteiger partial charge in [-0.1, -0.05) is 31.2 Å². The van der Waals surface area contributed by atoms with Crippen LogP contribution in [-0.4, -0.2) is 28.7 Å². The zero-order chi connectivity index (χ0) is 13.8. The summed E-state index contributed by atoms with van der Waals surface area (Å²) < 4.78 is 0. The van der Waals surface area contributed by atoms with Gasteiger partial charge in [-0.15, -0.1) is 0 Å². The van der Waals surface area contributed by atoms with Gasteiger partial charge < -0.3 is 15.5 Å². The molecule has 1 aromatic carbocycles. The maximum atomic E-state index is 11.4. The van der Waals surface area contributed by atoms with Crippen LogP contribution in [0.5, 0.6) is 0 Å². The molecule has 0 heterocycles. The minimum absolute atomic E-state index is 0.352. The average molecular weight is 251 g/mol. The zero-order valence-electron chi connectivity index (χ0n) is 10.4. The van der Waals surface area contributed by atoms with Crippen LogP contribution < -0.4 is 5.32 Å². The number of nitrogens with one attached hydrogen (secondary N) is 1. The molecule has 0 fully saturated rings. The smallest absolute Gasteiger partial charge is 0.336 e. The molecule has 1 amide bonds. The lowest BCUT2D eigenvalue weighted by Gasteiger charge is -2.28. The average Bonchev–Trinajstić information content (AvgIpc) is 2.35. The number of benzene rings is 1. The lowest BCUT2D eigenvalue weighted by atomic mass is 9.89. The van der Waals surface area contributed by atoms with Crippen molar-refractivity contribution in [3.8, 4) is 0 Å².